The Hall–Kier alpha value is -2.80. The van der Waals surface area contributed by atoms with Crippen LogP contribution in [0.1, 0.15) is 117 Å². The summed E-state index contributed by atoms with van der Waals surface area (Å²) in [5.41, 5.74) is 1.26. The maximum absolute atomic E-state index is 12.3. The average Bonchev–Trinajstić information content (AvgIpc) is 3.48. The molecular weight excluding hydrogens is 622 g/mol. The van der Waals surface area contributed by atoms with E-state index in [0.29, 0.717) is 30.3 Å². The van der Waals surface area contributed by atoms with Crippen LogP contribution in [0, 0.1) is 0 Å². The molecule has 268 valence electrons. The van der Waals surface area contributed by atoms with Gasteiger partial charge in [-0.2, -0.15) is 4.98 Å². The first-order valence-corrected chi connectivity index (χ1v) is 18.8. The number of carbonyl (C=O) groups excluding carboxylic acids is 2. The number of anilines is 1. The van der Waals surface area contributed by atoms with Crippen molar-refractivity contribution in [2.24, 2.45) is 0 Å². The van der Waals surface area contributed by atoms with Gasteiger partial charge in [-0.1, -0.05) is 104 Å². The first-order chi connectivity index (χ1) is 22.9. The quantitative estimate of drug-likeness (QED) is 0.0388. The molecular formula is C34H59N5O7S. The molecule has 13 heteroatoms. The lowest BCUT2D eigenvalue weighted by Crippen LogP contribution is -2.30. The van der Waals surface area contributed by atoms with Gasteiger partial charge in [0, 0.05) is 14.1 Å². The first kappa shape index (κ1) is 40.4. The zero-order chi connectivity index (χ0) is 34.1. The van der Waals surface area contributed by atoms with Gasteiger partial charge in [0.25, 0.3) is 0 Å². The highest BCUT2D eigenvalue weighted by molar-refractivity contribution is 7.98. The van der Waals surface area contributed by atoms with E-state index in [4.69, 9.17) is 23.7 Å². The van der Waals surface area contributed by atoms with Crippen molar-refractivity contribution in [1.29, 1.82) is 0 Å². The van der Waals surface area contributed by atoms with Crippen LogP contribution in [0.4, 0.5) is 15.5 Å². The Morgan fingerprint density at radius 2 is 1.23 bits per heavy atom. The lowest BCUT2D eigenvalue weighted by atomic mass is 10.1. The van der Waals surface area contributed by atoms with E-state index in [9.17, 15) is 9.59 Å². The number of carbonyl (C=O) groups is 2. The largest absolute Gasteiger partial charge is 0.508 e. The number of hydrogen-bond acceptors (Lipinski definition) is 12. The second-order valence-corrected chi connectivity index (χ2v) is 12.8. The van der Waals surface area contributed by atoms with Crippen LogP contribution < -0.4 is 4.90 Å². The summed E-state index contributed by atoms with van der Waals surface area (Å²) >= 11 is 1.48. The molecule has 0 saturated carbocycles. The fraction of sp³-hybridized carbons (Fsp3) is 0.794. The molecule has 0 radical (unpaired) electrons. The number of thioether (sulfide) groups is 1. The summed E-state index contributed by atoms with van der Waals surface area (Å²) in [6.45, 7) is 4.73. The molecule has 0 spiro atoms. The van der Waals surface area contributed by atoms with Crippen LogP contribution in [0.25, 0.3) is 11.2 Å². The Morgan fingerprint density at radius 3 is 1.70 bits per heavy atom. The van der Waals surface area contributed by atoms with E-state index < -0.39 is 18.4 Å². The van der Waals surface area contributed by atoms with E-state index in [0.717, 1.165) is 43.6 Å². The molecule has 0 fully saturated rings. The highest BCUT2D eigenvalue weighted by atomic mass is 32.2. The van der Waals surface area contributed by atoms with Gasteiger partial charge in [-0.15, -0.1) is 11.8 Å². The Kier molecular flexibility index (Phi) is 21.7. The summed E-state index contributed by atoms with van der Waals surface area (Å²) < 4.78 is 29.0. The summed E-state index contributed by atoms with van der Waals surface area (Å²) in [6.07, 6.45) is 19.6. The lowest BCUT2D eigenvalue weighted by Gasteiger charge is -2.18. The Balaban J connectivity index is 1.85. The van der Waals surface area contributed by atoms with Gasteiger partial charge in [0.15, 0.2) is 5.65 Å². The number of imidazole rings is 1. The summed E-state index contributed by atoms with van der Waals surface area (Å²) in [5.74, 6) is 0.547. The van der Waals surface area contributed by atoms with E-state index in [1.807, 2.05) is 25.3 Å². The van der Waals surface area contributed by atoms with Crippen molar-refractivity contribution < 1.29 is 33.3 Å². The molecule has 0 saturated heterocycles. The molecule has 2 rings (SSSR count). The Bertz CT molecular complexity index is 1100. The molecule has 0 aliphatic carbocycles. The van der Waals surface area contributed by atoms with Crippen molar-refractivity contribution in [2.75, 3.05) is 51.7 Å². The molecule has 2 heterocycles. The molecule has 0 aliphatic heterocycles. The zero-order valence-electron chi connectivity index (χ0n) is 29.5. The predicted octanol–water partition coefficient (Wildman–Crippen LogP) is 8.54. The maximum atomic E-state index is 12.3. The van der Waals surface area contributed by atoms with Crippen LogP contribution in [-0.2, 0) is 30.4 Å². The van der Waals surface area contributed by atoms with Crippen molar-refractivity contribution in [3.63, 3.8) is 0 Å². The monoisotopic (exact) mass is 681 g/mol. The van der Waals surface area contributed by atoms with Crippen molar-refractivity contribution in [1.82, 2.24) is 19.5 Å². The van der Waals surface area contributed by atoms with Gasteiger partial charge < -0.3 is 28.6 Å². The molecule has 0 aliphatic rings. The van der Waals surface area contributed by atoms with Gasteiger partial charge >= 0.3 is 12.3 Å². The number of unbranched alkanes of at least 4 members (excludes halogenated alkanes) is 14. The zero-order valence-corrected chi connectivity index (χ0v) is 30.3. The van der Waals surface area contributed by atoms with Gasteiger partial charge in [0.05, 0.1) is 19.5 Å². The van der Waals surface area contributed by atoms with Crippen molar-refractivity contribution in [3.8, 4) is 0 Å². The van der Waals surface area contributed by atoms with Crippen LogP contribution in [0.2, 0.25) is 0 Å². The first-order valence-electron chi connectivity index (χ1n) is 17.5. The minimum atomic E-state index is -0.778. The smallest absolute Gasteiger partial charge is 0.434 e. The van der Waals surface area contributed by atoms with Gasteiger partial charge in [0.1, 0.15) is 36.6 Å². The third-order valence-electron chi connectivity index (χ3n) is 7.67. The van der Waals surface area contributed by atoms with Crippen LogP contribution in [0.5, 0.6) is 0 Å². The fourth-order valence-corrected chi connectivity index (χ4v) is 5.37. The summed E-state index contributed by atoms with van der Waals surface area (Å²) in [6, 6.07) is 0. The number of nitrogens with zero attached hydrogens (tertiary/aromatic N) is 5. The SMILES string of the molecule is CCCCCCCCCCOC(=O)OCC(COC(=O)OCCCCCCCCCC)OCn1cnc2c(SC)nc(N(C)C)nc21. The normalized spacial score (nSPS) is 11.3. The Labute approximate surface area is 286 Å². The minimum Gasteiger partial charge on any atom is -0.434 e. The molecule has 2 aromatic rings. The van der Waals surface area contributed by atoms with Gasteiger partial charge in [-0.3, -0.25) is 4.57 Å². The molecule has 0 N–H and O–H groups in total. The van der Waals surface area contributed by atoms with Gasteiger partial charge in [-0.05, 0) is 19.1 Å². The summed E-state index contributed by atoms with van der Waals surface area (Å²) in [5, 5.41) is 0.749. The van der Waals surface area contributed by atoms with Crippen LogP contribution in [-0.4, -0.2) is 84.7 Å². The fourth-order valence-electron chi connectivity index (χ4n) is 4.86. The van der Waals surface area contributed by atoms with E-state index in [1.54, 1.807) is 10.9 Å². The highest BCUT2D eigenvalue weighted by Crippen LogP contribution is 2.24. The van der Waals surface area contributed by atoms with E-state index in [2.05, 4.69) is 28.8 Å². The topological polar surface area (TPSA) is 127 Å². The summed E-state index contributed by atoms with van der Waals surface area (Å²) in [7, 11) is 3.74. The second-order valence-electron chi connectivity index (χ2n) is 12.0. The molecule has 2 aromatic heterocycles. The number of aromatic nitrogens is 4. The lowest BCUT2D eigenvalue weighted by molar-refractivity contribution is -0.0712. The number of ether oxygens (including phenoxy) is 5. The van der Waals surface area contributed by atoms with Crippen LogP contribution in [0.15, 0.2) is 11.4 Å². The molecule has 0 unspecified atom stereocenters. The molecule has 0 bridgehead atoms. The van der Waals surface area contributed by atoms with Crippen molar-refractivity contribution in [3.05, 3.63) is 6.33 Å². The van der Waals surface area contributed by atoms with E-state index in [1.165, 1.54) is 76.0 Å². The highest BCUT2D eigenvalue weighted by Gasteiger charge is 2.19. The predicted molar refractivity (Wildman–Crippen MR) is 186 cm³/mol. The number of hydrogen-bond donors (Lipinski definition) is 0. The third kappa shape index (κ3) is 17.2. The van der Waals surface area contributed by atoms with Gasteiger partial charge in [-0.25, -0.2) is 19.6 Å². The van der Waals surface area contributed by atoms with Crippen molar-refractivity contribution >= 4 is 41.2 Å². The third-order valence-corrected chi connectivity index (χ3v) is 8.34. The molecule has 47 heavy (non-hydrogen) atoms. The van der Waals surface area contributed by atoms with E-state index in [-0.39, 0.29) is 19.9 Å². The number of rotatable bonds is 27. The molecule has 0 aromatic carbocycles. The molecule has 12 nitrogen and oxygen atoms in total. The summed E-state index contributed by atoms with van der Waals surface area (Å²) in [4.78, 5) is 40.1. The van der Waals surface area contributed by atoms with Crippen LogP contribution >= 0.6 is 11.8 Å². The second kappa shape index (κ2) is 25.2. The standard InChI is InChI=1S/C34H59N5O7S/c1-6-8-10-12-14-16-18-20-22-42-33(40)44-24-28(25-45-34(41)43-23-21-19-17-15-13-11-9-7-2)46-27-39-26-35-29-30(39)36-32(38(3)4)37-31(29)47-5/h26,28H,6-25,27H2,1-5H3. The van der Waals surface area contributed by atoms with Crippen molar-refractivity contribution in [2.45, 2.75) is 134 Å². The van der Waals surface area contributed by atoms with Crippen LogP contribution in [0.3, 0.4) is 0 Å². The molecule has 0 atom stereocenters. The number of fused-ring (bicyclic) bond motifs is 1. The minimum absolute atomic E-state index is 0.0339. The average molecular weight is 682 g/mol. The van der Waals surface area contributed by atoms with Gasteiger partial charge in [0.2, 0.25) is 5.95 Å². The Morgan fingerprint density at radius 1 is 0.745 bits per heavy atom. The molecule has 0 amide bonds. The van der Waals surface area contributed by atoms with E-state index >= 15 is 0 Å². The maximum Gasteiger partial charge on any atom is 0.508 e.